The summed E-state index contributed by atoms with van der Waals surface area (Å²) in [7, 11) is 0. The first-order chi connectivity index (χ1) is 9.54. The summed E-state index contributed by atoms with van der Waals surface area (Å²) in [6.07, 6.45) is 1.48. The minimum absolute atomic E-state index is 0.222. The molecule has 1 aromatic heterocycles. The Bertz CT molecular complexity index is 615. The van der Waals surface area contributed by atoms with Crippen LogP contribution in [0.5, 0.6) is 5.75 Å². The van der Waals surface area contributed by atoms with Crippen molar-refractivity contribution in [3.8, 4) is 5.75 Å². The monoisotopic (exact) mass is 278 g/mol. The number of benzene rings is 1. The Hall–Kier alpha value is -2.50. The number of anilines is 1. The van der Waals surface area contributed by atoms with Gasteiger partial charge in [-0.25, -0.2) is 8.78 Å². The molecule has 6 heteroatoms. The Morgan fingerprint density at radius 1 is 1.30 bits per heavy atom. The highest BCUT2D eigenvalue weighted by Gasteiger charge is 2.09. The molecule has 0 unspecified atom stereocenters. The van der Waals surface area contributed by atoms with Crippen molar-refractivity contribution in [1.29, 1.82) is 0 Å². The Kier molecular flexibility index (Phi) is 4.24. The maximum Gasteiger partial charge on any atom is 0.262 e. The van der Waals surface area contributed by atoms with Crippen LogP contribution in [0.3, 0.4) is 0 Å². The molecule has 0 aliphatic rings. The van der Waals surface area contributed by atoms with Crippen LogP contribution in [0.15, 0.2) is 36.5 Å². The van der Waals surface area contributed by atoms with Crippen molar-refractivity contribution in [2.24, 2.45) is 0 Å². The third-order valence-electron chi connectivity index (χ3n) is 2.46. The summed E-state index contributed by atoms with van der Waals surface area (Å²) in [6, 6.07) is 6.22. The molecular formula is C14H12F2N2O2. The summed E-state index contributed by atoms with van der Waals surface area (Å²) in [5.74, 6) is -1.51. The van der Waals surface area contributed by atoms with Crippen LogP contribution in [0.4, 0.5) is 14.5 Å². The second-order valence-electron chi connectivity index (χ2n) is 4.10. The highest BCUT2D eigenvalue weighted by Crippen LogP contribution is 2.15. The molecule has 4 nitrogen and oxygen atoms in total. The standard InChI is InChI=1S/C14H12F2N2O2/c1-9-2-4-11(7-17-9)20-8-14(19)18-13-6-10(15)3-5-12(13)16/h2-7H,8H2,1H3,(H,18,19). The molecule has 0 radical (unpaired) electrons. The number of ether oxygens (including phenoxy) is 1. The van der Waals surface area contributed by atoms with E-state index < -0.39 is 17.5 Å². The Morgan fingerprint density at radius 2 is 2.10 bits per heavy atom. The van der Waals surface area contributed by atoms with Crippen molar-refractivity contribution in [2.75, 3.05) is 11.9 Å². The van der Waals surface area contributed by atoms with Crippen molar-refractivity contribution in [3.63, 3.8) is 0 Å². The van der Waals surface area contributed by atoms with Gasteiger partial charge >= 0.3 is 0 Å². The van der Waals surface area contributed by atoms with E-state index in [0.29, 0.717) is 5.75 Å². The van der Waals surface area contributed by atoms with E-state index in [1.807, 2.05) is 6.92 Å². The van der Waals surface area contributed by atoms with Gasteiger partial charge in [-0.05, 0) is 31.2 Å². The van der Waals surface area contributed by atoms with Gasteiger partial charge in [-0.1, -0.05) is 0 Å². The van der Waals surface area contributed by atoms with Gasteiger partial charge in [0.1, 0.15) is 17.4 Å². The van der Waals surface area contributed by atoms with Crippen LogP contribution in [0, 0.1) is 18.6 Å². The summed E-state index contributed by atoms with van der Waals surface area (Å²) in [5.41, 5.74) is 0.601. The van der Waals surface area contributed by atoms with Crippen molar-refractivity contribution < 1.29 is 18.3 Å². The molecule has 1 aromatic carbocycles. The van der Waals surface area contributed by atoms with E-state index in [0.717, 1.165) is 23.9 Å². The number of nitrogens with zero attached hydrogens (tertiary/aromatic N) is 1. The Morgan fingerprint density at radius 3 is 2.80 bits per heavy atom. The van der Waals surface area contributed by atoms with Gasteiger partial charge in [0.15, 0.2) is 6.61 Å². The zero-order chi connectivity index (χ0) is 14.5. The van der Waals surface area contributed by atoms with Crippen LogP contribution in [0.2, 0.25) is 0 Å². The van der Waals surface area contributed by atoms with Crippen LogP contribution in [0.25, 0.3) is 0 Å². The van der Waals surface area contributed by atoms with Crippen LogP contribution in [-0.2, 0) is 4.79 Å². The van der Waals surface area contributed by atoms with Gasteiger partial charge in [-0.15, -0.1) is 0 Å². The number of aromatic nitrogens is 1. The Balaban J connectivity index is 1.92. The maximum absolute atomic E-state index is 13.3. The molecular weight excluding hydrogens is 266 g/mol. The lowest BCUT2D eigenvalue weighted by Gasteiger charge is -2.08. The lowest BCUT2D eigenvalue weighted by molar-refractivity contribution is -0.118. The molecule has 0 spiro atoms. The van der Waals surface area contributed by atoms with Crippen LogP contribution < -0.4 is 10.1 Å². The lowest BCUT2D eigenvalue weighted by atomic mass is 10.3. The van der Waals surface area contributed by atoms with Crippen molar-refractivity contribution in [3.05, 3.63) is 53.9 Å². The van der Waals surface area contributed by atoms with Gasteiger partial charge < -0.3 is 10.1 Å². The van der Waals surface area contributed by atoms with E-state index in [4.69, 9.17) is 4.74 Å². The van der Waals surface area contributed by atoms with Gasteiger partial charge in [-0.3, -0.25) is 9.78 Å². The summed E-state index contributed by atoms with van der Waals surface area (Å²) in [5, 5.41) is 2.23. The number of amides is 1. The van der Waals surface area contributed by atoms with E-state index in [-0.39, 0.29) is 12.3 Å². The predicted molar refractivity (Wildman–Crippen MR) is 69.5 cm³/mol. The number of nitrogens with one attached hydrogen (secondary N) is 1. The summed E-state index contributed by atoms with van der Waals surface area (Å²) in [4.78, 5) is 15.6. The largest absolute Gasteiger partial charge is 0.482 e. The molecule has 1 amide bonds. The number of carbonyl (C=O) groups excluding carboxylic acids is 1. The zero-order valence-corrected chi connectivity index (χ0v) is 10.7. The average Bonchev–Trinajstić information content (AvgIpc) is 2.42. The van der Waals surface area contributed by atoms with E-state index in [9.17, 15) is 13.6 Å². The number of hydrogen-bond acceptors (Lipinski definition) is 3. The first-order valence-electron chi connectivity index (χ1n) is 5.85. The smallest absolute Gasteiger partial charge is 0.262 e. The fourth-order valence-corrected chi connectivity index (χ4v) is 1.47. The number of carbonyl (C=O) groups is 1. The molecule has 0 saturated heterocycles. The van der Waals surface area contributed by atoms with E-state index in [1.165, 1.54) is 6.20 Å². The van der Waals surface area contributed by atoms with E-state index >= 15 is 0 Å². The summed E-state index contributed by atoms with van der Waals surface area (Å²) < 4.78 is 31.4. The predicted octanol–water partition coefficient (Wildman–Crippen LogP) is 2.69. The van der Waals surface area contributed by atoms with Crippen molar-refractivity contribution in [1.82, 2.24) is 4.98 Å². The van der Waals surface area contributed by atoms with E-state index in [1.54, 1.807) is 12.1 Å². The van der Waals surface area contributed by atoms with Gasteiger partial charge in [0.2, 0.25) is 0 Å². The van der Waals surface area contributed by atoms with Crippen molar-refractivity contribution in [2.45, 2.75) is 6.92 Å². The number of hydrogen-bond donors (Lipinski definition) is 1. The van der Waals surface area contributed by atoms with E-state index in [2.05, 4.69) is 10.3 Å². The number of aryl methyl sites for hydroxylation is 1. The first-order valence-corrected chi connectivity index (χ1v) is 5.85. The molecule has 0 atom stereocenters. The zero-order valence-electron chi connectivity index (χ0n) is 10.7. The molecule has 2 aromatic rings. The molecule has 20 heavy (non-hydrogen) atoms. The molecule has 0 aliphatic carbocycles. The normalized spacial score (nSPS) is 10.2. The first kappa shape index (κ1) is 13.9. The minimum atomic E-state index is -0.711. The fourth-order valence-electron chi connectivity index (χ4n) is 1.47. The second kappa shape index (κ2) is 6.10. The average molecular weight is 278 g/mol. The molecule has 1 heterocycles. The molecule has 0 fully saturated rings. The SMILES string of the molecule is Cc1ccc(OCC(=O)Nc2cc(F)ccc2F)cn1. The third kappa shape index (κ3) is 3.74. The topological polar surface area (TPSA) is 51.2 Å². The number of rotatable bonds is 4. The fraction of sp³-hybridized carbons (Fsp3) is 0.143. The highest BCUT2D eigenvalue weighted by molar-refractivity contribution is 5.91. The van der Waals surface area contributed by atoms with Crippen LogP contribution in [-0.4, -0.2) is 17.5 Å². The highest BCUT2D eigenvalue weighted by atomic mass is 19.1. The number of halogens is 2. The second-order valence-corrected chi connectivity index (χ2v) is 4.10. The quantitative estimate of drug-likeness (QED) is 0.935. The van der Waals surface area contributed by atoms with Gasteiger partial charge in [0.05, 0.1) is 11.9 Å². The van der Waals surface area contributed by atoms with Gasteiger partial charge in [0.25, 0.3) is 5.91 Å². The molecule has 104 valence electrons. The van der Waals surface area contributed by atoms with Crippen molar-refractivity contribution >= 4 is 11.6 Å². The molecule has 2 rings (SSSR count). The van der Waals surface area contributed by atoms with Crippen LogP contribution in [0.1, 0.15) is 5.69 Å². The molecule has 0 aliphatic heterocycles. The molecule has 1 N–H and O–H groups in total. The third-order valence-corrected chi connectivity index (χ3v) is 2.46. The number of pyridine rings is 1. The maximum atomic E-state index is 13.3. The summed E-state index contributed by atoms with van der Waals surface area (Å²) in [6.45, 7) is 1.50. The summed E-state index contributed by atoms with van der Waals surface area (Å²) >= 11 is 0. The van der Waals surface area contributed by atoms with Crippen LogP contribution >= 0.6 is 0 Å². The van der Waals surface area contributed by atoms with Gasteiger partial charge in [0, 0.05) is 11.8 Å². The van der Waals surface area contributed by atoms with Gasteiger partial charge in [-0.2, -0.15) is 0 Å². The Labute approximate surface area is 114 Å². The molecule has 0 saturated carbocycles. The lowest BCUT2D eigenvalue weighted by Crippen LogP contribution is -2.21. The molecule has 0 bridgehead atoms. The minimum Gasteiger partial charge on any atom is -0.482 e.